The van der Waals surface area contributed by atoms with Crippen LogP contribution in [0.15, 0.2) is 18.2 Å². The molecule has 1 aromatic rings. The van der Waals surface area contributed by atoms with E-state index in [1.165, 1.54) is 12.1 Å². The minimum atomic E-state index is -4.35. The van der Waals surface area contributed by atoms with Crippen LogP contribution in [0.5, 0.6) is 0 Å². The van der Waals surface area contributed by atoms with Crippen LogP contribution in [-0.4, -0.2) is 6.18 Å². The van der Waals surface area contributed by atoms with Crippen LogP contribution in [0, 0.1) is 11.6 Å². The molecule has 90 valence electrons. The first kappa shape index (κ1) is 12.9. The molecule has 0 saturated carbocycles. The molecule has 1 rings (SSSR count). The summed E-state index contributed by atoms with van der Waals surface area (Å²) in [5.74, 6) is -2.29. The van der Waals surface area contributed by atoms with Gasteiger partial charge < -0.3 is 5.73 Å². The third-order valence-electron chi connectivity index (χ3n) is 2.12. The molecule has 0 aliphatic heterocycles. The van der Waals surface area contributed by atoms with Crippen LogP contribution in [0.3, 0.4) is 0 Å². The molecular weight excluding hydrogens is 229 g/mol. The molecular formula is C10H10F5N. The number of alkyl halides is 3. The Balaban J connectivity index is 2.73. The van der Waals surface area contributed by atoms with Gasteiger partial charge in [0.15, 0.2) is 11.6 Å². The summed E-state index contributed by atoms with van der Waals surface area (Å²) in [4.78, 5) is 0. The van der Waals surface area contributed by atoms with Crippen molar-refractivity contribution < 1.29 is 22.0 Å². The highest BCUT2D eigenvalue weighted by Crippen LogP contribution is 2.27. The molecule has 0 aliphatic carbocycles. The fourth-order valence-corrected chi connectivity index (χ4v) is 1.28. The maximum absolute atomic E-state index is 13.1. The van der Waals surface area contributed by atoms with Crippen molar-refractivity contribution in [3.05, 3.63) is 35.4 Å². The number of halogens is 5. The quantitative estimate of drug-likeness (QED) is 0.804. The molecule has 0 heterocycles. The van der Waals surface area contributed by atoms with Crippen LogP contribution >= 0.6 is 0 Å². The molecule has 0 saturated heterocycles. The monoisotopic (exact) mass is 239 g/mol. The van der Waals surface area contributed by atoms with Crippen molar-refractivity contribution >= 4 is 0 Å². The molecule has 0 radical (unpaired) electrons. The van der Waals surface area contributed by atoms with E-state index in [2.05, 4.69) is 0 Å². The van der Waals surface area contributed by atoms with E-state index in [0.717, 1.165) is 6.07 Å². The molecule has 2 N–H and O–H groups in total. The number of nitrogens with two attached hydrogens (primary N) is 1. The molecule has 0 fully saturated rings. The minimum absolute atomic E-state index is 0.232. The summed E-state index contributed by atoms with van der Waals surface area (Å²) in [7, 11) is 0. The molecule has 0 aliphatic rings. The molecule has 0 aromatic heterocycles. The van der Waals surface area contributed by atoms with Crippen molar-refractivity contribution in [1.82, 2.24) is 0 Å². The Morgan fingerprint density at radius 3 is 2.38 bits per heavy atom. The van der Waals surface area contributed by atoms with E-state index in [4.69, 9.17) is 5.73 Å². The Labute approximate surface area is 89.1 Å². The van der Waals surface area contributed by atoms with Gasteiger partial charge in [-0.2, -0.15) is 13.2 Å². The summed E-state index contributed by atoms with van der Waals surface area (Å²) in [5.41, 5.74) is 5.13. The third-order valence-corrected chi connectivity index (χ3v) is 2.12. The van der Waals surface area contributed by atoms with Gasteiger partial charge >= 0.3 is 6.18 Å². The highest BCUT2D eigenvalue weighted by atomic mass is 19.4. The topological polar surface area (TPSA) is 26.0 Å². The molecule has 0 amide bonds. The lowest BCUT2D eigenvalue weighted by Gasteiger charge is -2.14. The van der Waals surface area contributed by atoms with Gasteiger partial charge in [0.2, 0.25) is 0 Å². The highest BCUT2D eigenvalue weighted by Gasteiger charge is 2.28. The minimum Gasteiger partial charge on any atom is -0.324 e. The summed E-state index contributed by atoms with van der Waals surface area (Å²) in [6.07, 6.45) is -5.94. The van der Waals surface area contributed by atoms with Crippen LogP contribution in [0.4, 0.5) is 22.0 Å². The predicted molar refractivity (Wildman–Crippen MR) is 48.6 cm³/mol. The zero-order valence-corrected chi connectivity index (χ0v) is 8.19. The predicted octanol–water partition coefficient (Wildman–Crippen LogP) is 3.31. The average molecular weight is 239 g/mol. The number of rotatable bonds is 3. The fraction of sp³-hybridized carbons (Fsp3) is 0.400. The Kier molecular flexibility index (Phi) is 3.85. The molecule has 1 unspecified atom stereocenters. The SMILES string of the molecule is NC(CCC(F)(F)F)c1cccc(F)c1F. The molecule has 1 nitrogen and oxygen atoms in total. The van der Waals surface area contributed by atoms with E-state index in [1.54, 1.807) is 0 Å². The lowest BCUT2D eigenvalue weighted by atomic mass is 10.0. The van der Waals surface area contributed by atoms with Gasteiger partial charge in [0.1, 0.15) is 0 Å². The maximum Gasteiger partial charge on any atom is 0.389 e. The molecule has 16 heavy (non-hydrogen) atoms. The van der Waals surface area contributed by atoms with E-state index >= 15 is 0 Å². The molecule has 1 atom stereocenters. The summed E-state index contributed by atoms with van der Waals surface area (Å²) in [5, 5.41) is 0. The van der Waals surface area contributed by atoms with Crippen LogP contribution in [0.1, 0.15) is 24.4 Å². The molecule has 6 heteroatoms. The smallest absolute Gasteiger partial charge is 0.324 e. The lowest BCUT2D eigenvalue weighted by molar-refractivity contribution is -0.136. The Bertz CT molecular complexity index is 361. The first-order valence-corrected chi connectivity index (χ1v) is 4.57. The van der Waals surface area contributed by atoms with Gasteiger partial charge in [-0.25, -0.2) is 8.78 Å². The summed E-state index contributed by atoms with van der Waals surface area (Å²) < 4.78 is 61.6. The van der Waals surface area contributed by atoms with Crippen molar-refractivity contribution in [2.24, 2.45) is 5.73 Å². The average Bonchev–Trinajstić information content (AvgIpc) is 2.17. The zero-order chi connectivity index (χ0) is 12.3. The van der Waals surface area contributed by atoms with E-state index < -0.39 is 36.7 Å². The van der Waals surface area contributed by atoms with Crippen LogP contribution in [0.25, 0.3) is 0 Å². The van der Waals surface area contributed by atoms with Crippen LogP contribution < -0.4 is 5.73 Å². The van der Waals surface area contributed by atoms with Crippen molar-refractivity contribution in [2.75, 3.05) is 0 Å². The van der Waals surface area contributed by atoms with Crippen molar-refractivity contribution in [1.29, 1.82) is 0 Å². The van der Waals surface area contributed by atoms with Crippen molar-refractivity contribution in [2.45, 2.75) is 25.1 Å². The van der Waals surface area contributed by atoms with Gasteiger partial charge in [-0.3, -0.25) is 0 Å². The summed E-state index contributed by atoms with van der Waals surface area (Å²) >= 11 is 0. The van der Waals surface area contributed by atoms with Crippen molar-refractivity contribution in [3.8, 4) is 0 Å². The van der Waals surface area contributed by atoms with Gasteiger partial charge in [-0.15, -0.1) is 0 Å². The first-order valence-electron chi connectivity index (χ1n) is 4.57. The van der Waals surface area contributed by atoms with Crippen LogP contribution in [-0.2, 0) is 0 Å². The number of hydrogen-bond donors (Lipinski definition) is 1. The number of hydrogen-bond acceptors (Lipinski definition) is 1. The van der Waals surface area contributed by atoms with Gasteiger partial charge in [0.25, 0.3) is 0 Å². The van der Waals surface area contributed by atoms with Gasteiger partial charge in [-0.05, 0) is 12.5 Å². The Morgan fingerprint density at radius 2 is 1.81 bits per heavy atom. The van der Waals surface area contributed by atoms with E-state index in [-0.39, 0.29) is 5.56 Å². The lowest BCUT2D eigenvalue weighted by Crippen LogP contribution is -2.17. The molecule has 1 aromatic carbocycles. The summed E-state index contributed by atoms with van der Waals surface area (Å²) in [6, 6.07) is 2.12. The second-order valence-electron chi connectivity index (χ2n) is 3.40. The zero-order valence-electron chi connectivity index (χ0n) is 8.19. The molecule has 0 bridgehead atoms. The van der Waals surface area contributed by atoms with E-state index in [9.17, 15) is 22.0 Å². The molecule has 0 spiro atoms. The normalized spacial score (nSPS) is 13.9. The second kappa shape index (κ2) is 4.78. The highest BCUT2D eigenvalue weighted by molar-refractivity contribution is 5.22. The standard InChI is InChI=1S/C10H10F5N/c11-7-3-1-2-6(9(7)12)8(16)4-5-10(13,14)15/h1-3,8H,4-5,16H2. The second-order valence-corrected chi connectivity index (χ2v) is 3.40. The largest absolute Gasteiger partial charge is 0.389 e. The van der Waals surface area contributed by atoms with E-state index in [0.29, 0.717) is 0 Å². The number of benzene rings is 1. The van der Waals surface area contributed by atoms with Crippen molar-refractivity contribution in [3.63, 3.8) is 0 Å². The van der Waals surface area contributed by atoms with Gasteiger partial charge in [0, 0.05) is 18.0 Å². The first-order chi connectivity index (χ1) is 7.31. The Morgan fingerprint density at radius 1 is 1.19 bits per heavy atom. The summed E-state index contributed by atoms with van der Waals surface area (Å²) in [6.45, 7) is 0. The van der Waals surface area contributed by atoms with Crippen LogP contribution in [0.2, 0.25) is 0 Å². The van der Waals surface area contributed by atoms with Gasteiger partial charge in [0.05, 0.1) is 0 Å². The van der Waals surface area contributed by atoms with E-state index in [1.807, 2.05) is 0 Å². The fourth-order valence-electron chi connectivity index (χ4n) is 1.28. The Hall–Kier alpha value is -1.17. The maximum atomic E-state index is 13.1. The van der Waals surface area contributed by atoms with Gasteiger partial charge in [-0.1, -0.05) is 12.1 Å². The third kappa shape index (κ3) is 3.44.